The minimum absolute atomic E-state index is 0.542. The molecule has 0 aliphatic carbocycles. The largest absolute Gasteiger partial charge is 0.309 e. The number of para-hydroxylation sites is 6. The van der Waals surface area contributed by atoms with Crippen molar-refractivity contribution in [2.45, 2.75) is 0 Å². The molecule has 0 unspecified atom stereocenters. The first kappa shape index (κ1) is 35.2. The van der Waals surface area contributed by atoms with E-state index in [-0.39, 0.29) is 0 Å². The maximum Gasteiger partial charge on any atom is 0.238 e. The fraction of sp³-hybridized carbons (Fsp3) is 0. The van der Waals surface area contributed by atoms with Crippen LogP contribution >= 0.6 is 0 Å². The number of aromatic nitrogens is 6. The van der Waals surface area contributed by atoms with Crippen LogP contribution in [0.1, 0.15) is 0 Å². The van der Waals surface area contributed by atoms with Gasteiger partial charge in [-0.25, -0.2) is 4.98 Å². The van der Waals surface area contributed by atoms with Crippen molar-refractivity contribution in [2.24, 2.45) is 0 Å². The molecule has 0 radical (unpaired) electrons. The SMILES string of the molecule is c1ccc(-c2nc(-c3cccc4c5ccccc5n(-c5ccccc5)c34)nc(-n3c4ccccc4c4c(-c5ccccc5)cc5c6ccccc6n(-c6ccccc6)c5c43)n2)cc1. The van der Waals surface area contributed by atoms with E-state index in [0.717, 1.165) is 88.3 Å². The first-order valence-corrected chi connectivity index (χ1v) is 21.3. The Bertz CT molecular complexity index is 3880. The molecule has 6 heteroatoms. The fourth-order valence-electron chi connectivity index (χ4n) is 9.84. The second-order valence-electron chi connectivity index (χ2n) is 16.0. The number of rotatable bonds is 6. The smallest absolute Gasteiger partial charge is 0.238 e. The number of nitrogens with zero attached hydrogens (tertiary/aromatic N) is 6. The molecule has 0 spiro atoms. The average Bonchev–Trinajstić information content (AvgIpc) is 4.01. The van der Waals surface area contributed by atoms with Crippen LogP contribution < -0.4 is 0 Å². The van der Waals surface area contributed by atoms with E-state index in [4.69, 9.17) is 15.0 Å². The Hall–Kier alpha value is -8.61. The molecular weight excluding hydrogens is 769 g/mol. The third-order valence-electron chi connectivity index (χ3n) is 12.5. The summed E-state index contributed by atoms with van der Waals surface area (Å²) in [6, 6.07) is 77.2. The van der Waals surface area contributed by atoms with Gasteiger partial charge in [0.2, 0.25) is 5.95 Å². The monoisotopic (exact) mass is 804 g/mol. The second-order valence-corrected chi connectivity index (χ2v) is 16.0. The number of fused-ring (bicyclic) bond motifs is 10. The number of benzene rings is 9. The molecule has 0 N–H and O–H groups in total. The van der Waals surface area contributed by atoms with Gasteiger partial charge in [-0.1, -0.05) is 164 Å². The molecule has 0 saturated heterocycles. The lowest BCUT2D eigenvalue weighted by Gasteiger charge is -2.15. The Balaban J connectivity index is 1.22. The number of hydrogen-bond donors (Lipinski definition) is 0. The van der Waals surface area contributed by atoms with Crippen LogP contribution in [-0.2, 0) is 0 Å². The molecule has 9 aromatic carbocycles. The van der Waals surface area contributed by atoms with Crippen molar-refractivity contribution in [3.63, 3.8) is 0 Å². The molecule has 4 aromatic heterocycles. The second kappa shape index (κ2) is 14.0. The molecule has 63 heavy (non-hydrogen) atoms. The van der Waals surface area contributed by atoms with Crippen molar-refractivity contribution < 1.29 is 0 Å². The van der Waals surface area contributed by atoms with Crippen molar-refractivity contribution in [3.8, 4) is 51.2 Å². The Morgan fingerprint density at radius 2 is 0.762 bits per heavy atom. The van der Waals surface area contributed by atoms with E-state index in [0.29, 0.717) is 17.6 Å². The lowest BCUT2D eigenvalue weighted by molar-refractivity contribution is 0.953. The van der Waals surface area contributed by atoms with Crippen LogP contribution in [0.5, 0.6) is 0 Å². The van der Waals surface area contributed by atoms with Gasteiger partial charge in [-0.2, -0.15) is 9.97 Å². The van der Waals surface area contributed by atoms with E-state index < -0.39 is 0 Å². The molecule has 0 aliphatic rings. The van der Waals surface area contributed by atoms with Gasteiger partial charge in [0.25, 0.3) is 0 Å². The van der Waals surface area contributed by atoms with Crippen LogP contribution in [0, 0.1) is 0 Å². The van der Waals surface area contributed by atoms with Gasteiger partial charge >= 0.3 is 0 Å². The third kappa shape index (κ3) is 5.35. The van der Waals surface area contributed by atoms with Crippen molar-refractivity contribution in [1.82, 2.24) is 28.7 Å². The summed E-state index contributed by atoms with van der Waals surface area (Å²) in [5, 5.41) is 6.89. The lowest BCUT2D eigenvalue weighted by Crippen LogP contribution is -2.08. The van der Waals surface area contributed by atoms with Gasteiger partial charge in [0.15, 0.2) is 11.6 Å². The van der Waals surface area contributed by atoms with Crippen molar-refractivity contribution in [2.75, 3.05) is 0 Å². The fourth-order valence-corrected chi connectivity index (χ4v) is 9.84. The van der Waals surface area contributed by atoms with Crippen LogP contribution in [0.25, 0.3) is 117 Å². The molecule has 6 nitrogen and oxygen atoms in total. The molecule has 0 bridgehead atoms. The van der Waals surface area contributed by atoms with Gasteiger partial charge in [0.05, 0.1) is 33.1 Å². The molecule has 4 heterocycles. The highest BCUT2D eigenvalue weighted by Crippen LogP contribution is 2.46. The maximum absolute atomic E-state index is 5.61. The summed E-state index contributed by atoms with van der Waals surface area (Å²) in [7, 11) is 0. The zero-order valence-electron chi connectivity index (χ0n) is 34.0. The highest BCUT2D eigenvalue weighted by molar-refractivity contribution is 6.28. The molecule has 0 atom stereocenters. The summed E-state index contributed by atoms with van der Waals surface area (Å²) >= 11 is 0. The minimum Gasteiger partial charge on any atom is -0.309 e. The summed E-state index contributed by atoms with van der Waals surface area (Å²) in [5.41, 5.74) is 12.7. The van der Waals surface area contributed by atoms with Crippen molar-refractivity contribution in [1.29, 1.82) is 0 Å². The molecular formula is C57H36N6. The third-order valence-corrected chi connectivity index (χ3v) is 12.5. The predicted octanol–water partition coefficient (Wildman–Crippen LogP) is 14.2. The Morgan fingerprint density at radius 1 is 0.286 bits per heavy atom. The topological polar surface area (TPSA) is 53.5 Å². The van der Waals surface area contributed by atoms with Crippen molar-refractivity contribution in [3.05, 3.63) is 218 Å². The van der Waals surface area contributed by atoms with E-state index in [9.17, 15) is 0 Å². The van der Waals surface area contributed by atoms with Crippen molar-refractivity contribution >= 4 is 65.4 Å². The van der Waals surface area contributed by atoms with E-state index >= 15 is 0 Å². The highest BCUT2D eigenvalue weighted by Gasteiger charge is 2.27. The highest BCUT2D eigenvalue weighted by atomic mass is 15.2. The van der Waals surface area contributed by atoms with Gasteiger partial charge in [-0.15, -0.1) is 0 Å². The Kier molecular flexibility index (Phi) is 7.80. The van der Waals surface area contributed by atoms with E-state index in [1.165, 1.54) is 10.8 Å². The Morgan fingerprint density at radius 3 is 1.40 bits per heavy atom. The molecule has 13 rings (SSSR count). The normalized spacial score (nSPS) is 11.8. The van der Waals surface area contributed by atoms with E-state index in [1.807, 2.05) is 18.2 Å². The molecule has 0 fully saturated rings. The van der Waals surface area contributed by atoms with Crippen LogP contribution in [0.4, 0.5) is 0 Å². The minimum atomic E-state index is 0.542. The van der Waals surface area contributed by atoms with Gasteiger partial charge in [0.1, 0.15) is 0 Å². The molecule has 13 aromatic rings. The maximum atomic E-state index is 5.61. The summed E-state index contributed by atoms with van der Waals surface area (Å²) in [5.74, 6) is 1.73. The zero-order valence-corrected chi connectivity index (χ0v) is 34.0. The quantitative estimate of drug-likeness (QED) is 0.168. The zero-order chi connectivity index (χ0) is 41.4. The van der Waals surface area contributed by atoms with Gasteiger partial charge in [-0.05, 0) is 65.7 Å². The van der Waals surface area contributed by atoms with Crippen LogP contribution in [0.2, 0.25) is 0 Å². The standard InChI is InChI=1S/C57H36N6/c1-5-20-37(21-6-1)46-36-47-42-29-14-17-34-49(42)62(40-26-11-4-12-27-40)53(47)54-51(46)44-30-15-18-35-50(44)63(54)57-59-55(38-22-7-2-8-23-38)58-56(60-57)45-32-19-31-43-41-28-13-16-33-48(41)61(52(43)45)39-24-9-3-10-25-39/h1-36H. The molecule has 294 valence electrons. The van der Waals surface area contributed by atoms with Gasteiger partial charge < -0.3 is 9.13 Å². The summed E-state index contributed by atoms with van der Waals surface area (Å²) in [4.78, 5) is 16.4. The Labute approximate surface area is 362 Å². The van der Waals surface area contributed by atoms with Crippen LogP contribution in [0.3, 0.4) is 0 Å². The molecule has 0 saturated carbocycles. The van der Waals surface area contributed by atoms with Crippen LogP contribution in [0.15, 0.2) is 218 Å². The summed E-state index contributed by atoms with van der Waals surface area (Å²) in [6.07, 6.45) is 0. The summed E-state index contributed by atoms with van der Waals surface area (Å²) < 4.78 is 7.05. The first-order chi connectivity index (χ1) is 31.3. The average molecular weight is 805 g/mol. The van der Waals surface area contributed by atoms with Crippen LogP contribution in [-0.4, -0.2) is 28.7 Å². The summed E-state index contributed by atoms with van der Waals surface area (Å²) in [6.45, 7) is 0. The predicted molar refractivity (Wildman–Crippen MR) is 259 cm³/mol. The first-order valence-electron chi connectivity index (χ1n) is 21.3. The van der Waals surface area contributed by atoms with E-state index in [2.05, 4.69) is 214 Å². The van der Waals surface area contributed by atoms with Gasteiger partial charge in [-0.3, -0.25) is 4.57 Å². The number of hydrogen-bond acceptors (Lipinski definition) is 3. The van der Waals surface area contributed by atoms with E-state index in [1.54, 1.807) is 0 Å². The molecule has 0 aliphatic heterocycles. The molecule has 0 amide bonds. The van der Waals surface area contributed by atoms with Gasteiger partial charge in [0, 0.05) is 54.8 Å². The lowest BCUT2D eigenvalue weighted by atomic mass is 9.96.